The van der Waals surface area contributed by atoms with E-state index in [-0.39, 0.29) is 31.6 Å². The molecule has 1 fully saturated rings. The van der Waals surface area contributed by atoms with Crippen molar-refractivity contribution in [2.45, 2.75) is 25.5 Å². The number of amides is 1. The number of methoxy groups -OCH3 is 1. The van der Waals surface area contributed by atoms with Crippen molar-refractivity contribution in [3.63, 3.8) is 0 Å². The molecule has 1 heterocycles. The summed E-state index contributed by atoms with van der Waals surface area (Å²) in [5, 5.41) is 9.75. The van der Waals surface area contributed by atoms with Crippen molar-refractivity contribution in [3.8, 4) is 5.75 Å². The van der Waals surface area contributed by atoms with Gasteiger partial charge in [0.25, 0.3) is 5.91 Å². The van der Waals surface area contributed by atoms with Crippen molar-refractivity contribution in [3.05, 3.63) is 28.8 Å². The average Bonchev–Trinajstić information content (AvgIpc) is 2.93. The summed E-state index contributed by atoms with van der Waals surface area (Å²) >= 11 is 5.99. The highest BCUT2D eigenvalue weighted by molar-refractivity contribution is 6.31. The first kappa shape index (κ1) is 16.6. The summed E-state index contributed by atoms with van der Waals surface area (Å²) in [6.45, 7) is 1.81. The zero-order valence-electron chi connectivity index (χ0n) is 12.4. The van der Waals surface area contributed by atoms with Gasteiger partial charge in [-0.25, -0.2) is 4.79 Å². The van der Waals surface area contributed by atoms with Crippen molar-refractivity contribution in [1.29, 1.82) is 0 Å². The molecule has 1 aliphatic rings. The quantitative estimate of drug-likeness (QED) is 0.891. The number of hydrogen-bond donors (Lipinski definition) is 1. The van der Waals surface area contributed by atoms with Gasteiger partial charge in [0, 0.05) is 30.7 Å². The Morgan fingerprint density at radius 3 is 2.82 bits per heavy atom. The molecule has 1 saturated heterocycles. The van der Waals surface area contributed by atoms with E-state index in [0.29, 0.717) is 10.8 Å². The van der Waals surface area contributed by atoms with Gasteiger partial charge in [-0.1, -0.05) is 17.7 Å². The van der Waals surface area contributed by atoms with Gasteiger partial charge in [0.1, 0.15) is 11.8 Å². The van der Waals surface area contributed by atoms with Gasteiger partial charge in [0.05, 0.1) is 6.10 Å². The molecule has 0 aliphatic carbocycles. The van der Waals surface area contributed by atoms with E-state index in [0.717, 1.165) is 5.56 Å². The first-order valence-electron chi connectivity index (χ1n) is 6.87. The molecule has 120 valence electrons. The second-order valence-corrected chi connectivity index (χ2v) is 5.55. The maximum atomic E-state index is 12.2. The number of nitrogens with zero attached hydrogens (tertiary/aromatic N) is 1. The van der Waals surface area contributed by atoms with Gasteiger partial charge in [-0.05, 0) is 19.1 Å². The summed E-state index contributed by atoms with van der Waals surface area (Å²) in [7, 11) is 1.50. The maximum absolute atomic E-state index is 12.2. The summed E-state index contributed by atoms with van der Waals surface area (Å²) in [5.74, 6) is -0.909. The molecular formula is C15H18ClNO5. The van der Waals surface area contributed by atoms with Crippen LogP contribution in [0.1, 0.15) is 12.0 Å². The number of hydrogen-bond acceptors (Lipinski definition) is 4. The van der Waals surface area contributed by atoms with Crippen LogP contribution in [0.4, 0.5) is 0 Å². The third-order valence-corrected chi connectivity index (χ3v) is 4.18. The Hall–Kier alpha value is -1.79. The summed E-state index contributed by atoms with van der Waals surface area (Å²) < 4.78 is 10.6. The molecule has 6 nitrogen and oxygen atoms in total. The van der Waals surface area contributed by atoms with E-state index in [2.05, 4.69) is 0 Å². The minimum absolute atomic E-state index is 0.235. The second-order valence-electron chi connectivity index (χ2n) is 5.15. The number of carbonyl (C=O) groups excluding carboxylic acids is 1. The van der Waals surface area contributed by atoms with E-state index in [4.69, 9.17) is 21.1 Å². The lowest BCUT2D eigenvalue weighted by Crippen LogP contribution is -2.43. The van der Waals surface area contributed by atoms with Gasteiger partial charge in [0.15, 0.2) is 6.61 Å². The van der Waals surface area contributed by atoms with Gasteiger partial charge in [0.2, 0.25) is 0 Å². The number of carbonyl (C=O) groups is 2. The minimum atomic E-state index is -1.04. The van der Waals surface area contributed by atoms with Gasteiger partial charge in [-0.2, -0.15) is 0 Å². The van der Waals surface area contributed by atoms with Gasteiger partial charge >= 0.3 is 5.97 Å². The number of halogens is 1. The molecule has 1 aromatic rings. The van der Waals surface area contributed by atoms with Gasteiger partial charge < -0.3 is 19.5 Å². The van der Waals surface area contributed by atoms with Crippen LogP contribution >= 0.6 is 11.6 Å². The van der Waals surface area contributed by atoms with Crippen molar-refractivity contribution in [2.24, 2.45) is 0 Å². The number of likely N-dealkylation sites (tertiary alicyclic amines) is 1. The fourth-order valence-electron chi connectivity index (χ4n) is 2.44. The van der Waals surface area contributed by atoms with E-state index >= 15 is 0 Å². The third-order valence-electron chi connectivity index (χ3n) is 3.77. The van der Waals surface area contributed by atoms with Crippen LogP contribution in [-0.2, 0) is 14.3 Å². The van der Waals surface area contributed by atoms with Crippen LogP contribution in [0, 0.1) is 6.92 Å². The van der Waals surface area contributed by atoms with E-state index in [1.165, 1.54) is 12.0 Å². The van der Waals surface area contributed by atoms with Crippen molar-refractivity contribution in [2.75, 3.05) is 20.3 Å². The number of rotatable bonds is 5. The molecule has 1 amide bonds. The highest BCUT2D eigenvalue weighted by atomic mass is 35.5. The molecule has 0 bridgehead atoms. The van der Waals surface area contributed by atoms with E-state index in [9.17, 15) is 14.7 Å². The Balaban J connectivity index is 2.02. The lowest BCUT2D eigenvalue weighted by Gasteiger charge is -2.21. The third kappa shape index (κ3) is 3.51. The van der Waals surface area contributed by atoms with Crippen molar-refractivity contribution in [1.82, 2.24) is 4.90 Å². The molecule has 7 heteroatoms. The van der Waals surface area contributed by atoms with Crippen LogP contribution in [0.25, 0.3) is 0 Å². The second kappa shape index (κ2) is 6.98. The predicted molar refractivity (Wildman–Crippen MR) is 80.2 cm³/mol. The smallest absolute Gasteiger partial charge is 0.326 e. The highest BCUT2D eigenvalue weighted by Crippen LogP contribution is 2.25. The SMILES string of the molecule is COC1CC(C(=O)O)N(C(=O)COc2cccc(Cl)c2C)C1. The molecule has 1 aromatic carbocycles. The van der Waals surface area contributed by atoms with Crippen LogP contribution < -0.4 is 4.74 Å². The molecule has 0 aromatic heterocycles. The van der Waals surface area contributed by atoms with Crippen LogP contribution in [0.5, 0.6) is 5.75 Å². The molecule has 0 saturated carbocycles. The number of aliphatic carboxylic acids is 1. The van der Waals surface area contributed by atoms with Crippen LogP contribution in [-0.4, -0.2) is 54.3 Å². The summed E-state index contributed by atoms with van der Waals surface area (Å²) in [4.78, 5) is 24.8. The first-order chi connectivity index (χ1) is 10.4. The summed E-state index contributed by atoms with van der Waals surface area (Å²) in [6.07, 6.45) is 0.0197. The number of benzene rings is 1. The largest absolute Gasteiger partial charge is 0.483 e. The van der Waals surface area contributed by atoms with Crippen LogP contribution in [0.2, 0.25) is 5.02 Å². The van der Waals surface area contributed by atoms with Crippen molar-refractivity contribution < 1.29 is 24.2 Å². The van der Waals surface area contributed by atoms with Crippen LogP contribution in [0.3, 0.4) is 0 Å². The maximum Gasteiger partial charge on any atom is 0.326 e. The van der Waals surface area contributed by atoms with Gasteiger partial charge in [-0.3, -0.25) is 4.79 Å². The Kier molecular flexibility index (Phi) is 5.26. The lowest BCUT2D eigenvalue weighted by molar-refractivity contribution is -0.149. The molecular weight excluding hydrogens is 310 g/mol. The number of ether oxygens (including phenoxy) is 2. The van der Waals surface area contributed by atoms with E-state index in [1.54, 1.807) is 25.1 Å². The Morgan fingerprint density at radius 1 is 1.45 bits per heavy atom. The topological polar surface area (TPSA) is 76.1 Å². The minimum Gasteiger partial charge on any atom is -0.483 e. The molecule has 2 unspecified atom stereocenters. The summed E-state index contributed by atoms with van der Waals surface area (Å²) in [6, 6.07) is 4.30. The Bertz CT molecular complexity index is 577. The van der Waals surface area contributed by atoms with Crippen molar-refractivity contribution >= 4 is 23.5 Å². The van der Waals surface area contributed by atoms with E-state index in [1.807, 2.05) is 0 Å². The zero-order valence-corrected chi connectivity index (χ0v) is 13.2. The predicted octanol–water partition coefficient (Wildman–Crippen LogP) is 1.73. The fourth-order valence-corrected chi connectivity index (χ4v) is 2.61. The van der Waals surface area contributed by atoms with Gasteiger partial charge in [-0.15, -0.1) is 0 Å². The molecule has 0 spiro atoms. The monoisotopic (exact) mass is 327 g/mol. The number of carboxylic acids is 1. The number of carboxylic acid groups (broad SMARTS) is 1. The summed E-state index contributed by atoms with van der Waals surface area (Å²) in [5.41, 5.74) is 0.739. The van der Waals surface area contributed by atoms with E-state index < -0.39 is 12.0 Å². The molecule has 1 aliphatic heterocycles. The van der Waals surface area contributed by atoms with Crippen LogP contribution in [0.15, 0.2) is 18.2 Å². The standard InChI is InChI=1S/C15H18ClNO5/c1-9-11(16)4-3-5-13(9)22-8-14(18)17-7-10(21-2)6-12(17)15(19)20/h3-5,10,12H,6-8H2,1-2H3,(H,19,20). The highest BCUT2D eigenvalue weighted by Gasteiger charge is 2.39. The molecule has 22 heavy (non-hydrogen) atoms. The fraction of sp³-hybridized carbons (Fsp3) is 0.467. The zero-order chi connectivity index (χ0) is 16.3. The average molecular weight is 328 g/mol. The normalized spacial score (nSPS) is 21.0. The Labute approximate surface area is 133 Å². The first-order valence-corrected chi connectivity index (χ1v) is 7.24. The molecule has 2 atom stereocenters. The molecule has 2 rings (SSSR count). The molecule has 1 N–H and O–H groups in total. The lowest BCUT2D eigenvalue weighted by atomic mass is 10.2. The Morgan fingerprint density at radius 2 is 2.18 bits per heavy atom. The molecule has 0 radical (unpaired) electrons.